The van der Waals surface area contributed by atoms with Gasteiger partial charge in [-0.05, 0) is 48.2 Å². The molecule has 6 nitrogen and oxygen atoms in total. The minimum absolute atomic E-state index is 0.142. The van der Waals surface area contributed by atoms with Gasteiger partial charge >= 0.3 is 0 Å². The fourth-order valence-electron chi connectivity index (χ4n) is 3.52. The molecular weight excluding hydrogens is 406 g/mol. The third-order valence-corrected chi connectivity index (χ3v) is 5.09. The molecule has 0 bridgehead atoms. The van der Waals surface area contributed by atoms with E-state index < -0.39 is 0 Å². The van der Waals surface area contributed by atoms with E-state index in [1.807, 2.05) is 60.7 Å². The summed E-state index contributed by atoms with van der Waals surface area (Å²) in [7, 11) is 4.85. The van der Waals surface area contributed by atoms with Crippen LogP contribution in [0.25, 0.3) is 0 Å². The third kappa shape index (κ3) is 5.72. The Hall–Kier alpha value is -3.67. The van der Waals surface area contributed by atoms with Gasteiger partial charge in [0.15, 0.2) is 23.0 Å². The highest BCUT2D eigenvalue weighted by Crippen LogP contribution is 2.38. The van der Waals surface area contributed by atoms with Gasteiger partial charge in [-0.1, -0.05) is 36.4 Å². The Kier molecular flexibility index (Phi) is 7.97. The van der Waals surface area contributed by atoms with Crippen molar-refractivity contribution in [2.45, 2.75) is 26.4 Å². The number of ether oxygens (including phenoxy) is 4. The molecule has 0 saturated carbocycles. The molecule has 0 spiro atoms. The van der Waals surface area contributed by atoms with Crippen LogP contribution in [0, 0.1) is 0 Å². The van der Waals surface area contributed by atoms with Gasteiger partial charge < -0.3 is 24.3 Å². The van der Waals surface area contributed by atoms with E-state index in [0.717, 1.165) is 16.7 Å². The topological polar surface area (TPSA) is 66.0 Å². The van der Waals surface area contributed by atoms with Crippen LogP contribution in [0.1, 0.15) is 23.6 Å². The number of hydrogen-bond acceptors (Lipinski definition) is 5. The van der Waals surface area contributed by atoms with E-state index >= 15 is 0 Å². The van der Waals surface area contributed by atoms with Crippen molar-refractivity contribution >= 4 is 11.6 Å². The van der Waals surface area contributed by atoms with Gasteiger partial charge in [0.25, 0.3) is 0 Å². The van der Waals surface area contributed by atoms with Crippen LogP contribution in [-0.4, -0.2) is 27.2 Å². The van der Waals surface area contributed by atoms with Crippen molar-refractivity contribution in [2.24, 2.45) is 0 Å². The zero-order chi connectivity index (χ0) is 22.9. The van der Waals surface area contributed by atoms with E-state index in [0.29, 0.717) is 48.1 Å². The van der Waals surface area contributed by atoms with E-state index in [2.05, 4.69) is 5.32 Å². The largest absolute Gasteiger partial charge is 0.493 e. The normalized spacial score (nSPS) is 10.4. The molecular formula is C26H29NO5. The lowest BCUT2D eigenvalue weighted by Crippen LogP contribution is -2.11. The second-order valence-corrected chi connectivity index (χ2v) is 7.27. The van der Waals surface area contributed by atoms with Gasteiger partial charge in [0, 0.05) is 18.2 Å². The number of aryl methyl sites for hydroxylation is 1. The van der Waals surface area contributed by atoms with Crippen molar-refractivity contribution < 1.29 is 23.7 Å². The minimum atomic E-state index is -0.142. The van der Waals surface area contributed by atoms with Crippen molar-refractivity contribution in [1.82, 2.24) is 0 Å². The van der Waals surface area contributed by atoms with Gasteiger partial charge in [0.2, 0.25) is 5.91 Å². The van der Waals surface area contributed by atoms with Crippen molar-refractivity contribution in [1.29, 1.82) is 0 Å². The first-order chi connectivity index (χ1) is 15.5. The number of carbonyl (C=O) groups is 1. The molecule has 0 aromatic heterocycles. The summed E-state index contributed by atoms with van der Waals surface area (Å²) < 4.78 is 22.6. The Balaban J connectivity index is 1.92. The van der Waals surface area contributed by atoms with Gasteiger partial charge in [-0.15, -0.1) is 0 Å². The first-order valence-electron chi connectivity index (χ1n) is 10.4. The molecule has 3 rings (SSSR count). The lowest BCUT2D eigenvalue weighted by atomic mass is 10.0. The quantitative estimate of drug-likeness (QED) is 0.484. The van der Waals surface area contributed by atoms with Gasteiger partial charge in [-0.2, -0.15) is 0 Å². The second-order valence-electron chi connectivity index (χ2n) is 7.27. The second kappa shape index (κ2) is 11.1. The van der Waals surface area contributed by atoms with E-state index in [1.54, 1.807) is 21.3 Å². The van der Waals surface area contributed by atoms with Gasteiger partial charge in [-0.3, -0.25) is 4.79 Å². The van der Waals surface area contributed by atoms with Crippen molar-refractivity contribution in [3.8, 4) is 23.0 Å². The highest BCUT2D eigenvalue weighted by atomic mass is 16.5. The molecule has 0 saturated heterocycles. The summed E-state index contributed by atoms with van der Waals surface area (Å²) in [6, 6.07) is 19.4. The number of carbonyl (C=O) groups excluding carboxylic acids is 1. The van der Waals surface area contributed by atoms with Crippen LogP contribution in [0.15, 0.2) is 60.7 Å². The van der Waals surface area contributed by atoms with Crippen LogP contribution in [0.2, 0.25) is 0 Å². The number of benzene rings is 3. The molecule has 0 aliphatic carbocycles. The van der Waals surface area contributed by atoms with Crippen LogP contribution in [-0.2, 0) is 24.2 Å². The average Bonchev–Trinajstić information content (AvgIpc) is 2.82. The lowest BCUT2D eigenvalue weighted by molar-refractivity contribution is -0.114. The maximum absolute atomic E-state index is 11.8. The van der Waals surface area contributed by atoms with Gasteiger partial charge in [0.1, 0.15) is 6.61 Å². The Morgan fingerprint density at radius 2 is 1.47 bits per heavy atom. The zero-order valence-electron chi connectivity index (χ0n) is 18.9. The molecule has 0 atom stereocenters. The molecule has 0 aliphatic rings. The predicted molar refractivity (Wildman–Crippen MR) is 125 cm³/mol. The van der Waals surface area contributed by atoms with Crippen molar-refractivity contribution in [3.05, 3.63) is 77.4 Å². The highest BCUT2D eigenvalue weighted by molar-refractivity contribution is 5.90. The molecule has 1 amide bonds. The number of methoxy groups -OCH3 is 3. The summed E-state index contributed by atoms with van der Waals surface area (Å²) in [5, 5.41) is 2.92. The molecule has 0 unspecified atom stereocenters. The molecule has 168 valence electrons. The fourth-order valence-corrected chi connectivity index (χ4v) is 3.52. The zero-order valence-corrected chi connectivity index (χ0v) is 18.9. The molecule has 32 heavy (non-hydrogen) atoms. The Labute approximate surface area is 189 Å². The SMILES string of the molecule is COc1ccc(CCc2c(NC(C)=O)ccc(OC)c2OCc2ccccc2)cc1OC. The highest BCUT2D eigenvalue weighted by Gasteiger charge is 2.17. The predicted octanol–water partition coefficient (Wildman–Crippen LogP) is 5.04. The van der Waals surface area contributed by atoms with Crippen LogP contribution in [0.3, 0.4) is 0 Å². The molecule has 0 aliphatic heterocycles. The maximum atomic E-state index is 11.8. The number of nitrogens with one attached hydrogen (secondary N) is 1. The lowest BCUT2D eigenvalue weighted by Gasteiger charge is -2.19. The first kappa shape index (κ1) is 23.0. The molecule has 0 heterocycles. The van der Waals surface area contributed by atoms with E-state index in [1.165, 1.54) is 6.92 Å². The van der Waals surface area contributed by atoms with Crippen LogP contribution in [0.5, 0.6) is 23.0 Å². The summed E-state index contributed by atoms with van der Waals surface area (Å²) in [6.45, 7) is 1.89. The van der Waals surface area contributed by atoms with E-state index in [9.17, 15) is 4.79 Å². The Morgan fingerprint density at radius 3 is 2.12 bits per heavy atom. The van der Waals surface area contributed by atoms with Crippen molar-refractivity contribution in [2.75, 3.05) is 26.6 Å². The molecule has 0 fully saturated rings. The van der Waals surface area contributed by atoms with E-state index in [4.69, 9.17) is 18.9 Å². The summed E-state index contributed by atoms with van der Waals surface area (Å²) in [5.41, 5.74) is 3.71. The summed E-state index contributed by atoms with van der Waals surface area (Å²) >= 11 is 0. The molecule has 6 heteroatoms. The van der Waals surface area contributed by atoms with Crippen LogP contribution >= 0.6 is 0 Å². The van der Waals surface area contributed by atoms with Gasteiger partial charge in [0.05, 0.1) is 21.3 Å². The molecule has 3 aromatic carbocycles. The van der Waals surface area contributed by atoms with E-state index in [-0.39, 0.29) is 5.91 Å². The first-order valence-corrected chi connectivity index (χ1v) is 10.4. The standard InChI is InChI=1S/C26H29NO5/c1-18(28)27-22-13-15-24(30-3)26(32-17-20-8-6-5-7-9-20)21(22)12-10-19-11-14-23(29-2)25(16-19)31-4/h5-9,11,13-16H,10,12,17H2,1-4H3,(H,27,28). The smallest absolute Gasteiger partial charge is 0.221 e. The molecule has 3 aromatic rings. The third-order valence-electron chi connectivity index (χ3n) is 5.09. The average molecular weight is 436 g/mol. The number of amides is 1. The maximum Gasteiger partial charge on any atom is 0.221 e. The molecule has 0 radical (unpaired) electrons. The Bertz CT molecular complexity index is 1050. The summed E-state index contributed by atoms with van der Waals surface area (Å²) in [6.07, 6.45) is 1.34. The number of rotatable bonds is 10. The fraction of sp³-hybridized carbons (Fsp3) is 0.269. The number of anilines is 1. The number of hydrogen-bond donors (Lipinski definition) is 1. The Morgan fingerprint density at radius 1 is 0.781 bits per heavy atom. The monoisotopic (exact) mass is 435 g/mol. The van der Waals surface area contributed by atoms with Gasteiger partial charge in [-0.25, -0.2) is 0 Å². The minimum Gasteiger partial charge on any atom is -0.493 e. The summed E-state index contributed by atoms with van der Waals surface area (Å²) in [4.78, 5) is 11.8. The van der Waals surface area contributed by atoms with Crippen LogP contribution < -0.4 is 24.3 Å². The molecule has 1 N–H and O–H groups in total. The summed E-state index contributed by atoms with van der Waals surface area (Å²) in [5.74, 6) is 2.47. The van der Waals surface area contributed by atoms with Crippen molar-refractivity contribution in [3.63, 3.8) is 0 Å². The van der Waals surface area contributed by atoms with Crippen LogP contribution in [0.4, 0.5) is 5.69 Å².